The van der Waals surface area contributed by atoms with Gasteiger partial charge in [-0.2, -0.15) is 5.06 Å². The highest BCUT2D eigenvalue weighted by molar-refractivity contribution is 6.31. The van der Waals surface area contributed by atoms with Gasteiger partial charge in [-0.05, 0) is 42.0 Å². The van der Waals surface area contributed by atoms with Crippen LogP contribution in [0.1, 0.15) is 28.7 Å². The maximum Gasteiger partial charge on any atom is 0.329 e. The summed E-state index contributed by atoms with van der Waals surface area (Å²) in [7, 11) is 0. The van der Waals surface area contributed by atoms with E-state index >= 15 is 0 Å². The van der Waals surface area contributed by atoms with E-state index in [9.17, 15) is 14.4 Å². The third-order valence-corrected chi connectivity index (χ3v) is 5.33. The molecular formula is C26H22ClN3O5. The van der Waals surface area contributed by atoms with E-state index in [1.165, 1.54) is 6.92 Å². The number of nitrogens with one attached hydrogen (secondary N) is 1. The zero-order valence-electron chi connectivity index (χ0n) is 18.8. The zero-order chi connectivity index (χ0) is 24.8. The largest absolute Gasteiger partial charge is 0.451 e. The number of carbonyl (C=O) groups is 3. The molecular weight excluding hydrogens is 470 g/mol. The summed E-state index contributed by atoms with van der Waals surface area (Å²) >= 11 is 6.03. The van der Waals surface area contributed by atoms with Gasteiger partial charge in [0.2, 0.25) is 0 Å². The molecule has 2 heterocycles. The van der Waals surface area contributed by atoms with Crippen LogP contribution in [0.5, 0.6) is 0 Å². The van der Waals surface area contributed by atoms with Crippen LogP contribution < -0.4 is 5.32 Å². The molecule has 1 atom stereocenters. The van der Waals surface area contributed by atoms with Crippen molar-refractivity contribution in [2.45, 2.75) is 25.9 Å². The highest BCUT2D eigenvalue weighted by atomic mass is 35.5. The number of pyridine rings is 1. The van der Waals surface area contributed by atoms with Gasteiger partial charge in [0.15, 0.2) is 5.76 Å². The van der Waals surface area contributed by atoms with Gasteiger partial charge in [0, 0.05) is 35.6 Å². The lowest BCUT2D eigenvalue weighted by Crippen LogP contribution is -2.50. The molecule has 0 unspecified atom stereocenters. The fraction of sp³-hybridized carbons (Fsp3) is 0.154. The number of carbonyl (C=O) groups excluding carboxylic acids is 3. The summed E-state index contributed by atoms with van der Waals surface area (Å²) in [6, 6.07) is 19.8. The SMILES string of the molecule is CC(=O)ON(Cc1ccccc1)C(=O)[C@H](Cc1ccccn1)NC(=O)c1cc2cc(Cl)ccc2o1. The quantitative estimate of drug-likeness (QED) is 0.386. The number of nitrogens with zero attached hydrogens (tertiary/aromatic N) is 2. The smallest absolute Gasteiger partial charge is 0.329 e. The van der Waals surface area contributed by atoms with Crippen LogP contribution in [0.25, 0.3) is 11.0 Å². The fourth-order valence-electron chi connectivity index (χ4n) is 3.52. The van der Waals surface area contributed by atoms with E-state index < -0.39 is 23.8 Å². The highest BCUT2D eigenvalue weighted by Crippen LogP contribution is 2.23. The average Bonchev–Trinajstić information content (AvgIpc) is 3.27. The number of aromatic nitrogens is 1. The summed E-state index contributed by atoms with van der Waals surface area (Å²) in [5.74, 6) is -1.86. The predicted octanol–water partition coefficient (Wildman–Crippen LogP) is 4.33. The molecule has 0 spiro atoms. The van der Waals surface area contributed by atoms with E-state index in [2.05, 4.69) is 10.3 Å². The second-order valence-corrected chi connectivity index (χ2v) is 8.22. The molecule has 1 N–H and O–H groups in total. The van der Waals surface area contributed by atoms with Gasteiger partial charge in [0.1, 0.15) is 11.6 Å². The van der Waals surface area contributed by atoms with E-state index in [0.717, 1.165) is 10.6 Å². The fourth-order valence-corrected chi connectivity index (χ4v) is 3.70. The minimum absolute atomic E-state index is 0.0109. The number of halogens is 1. The second kappa shape index (κ2) is 10.8. The highest BCUT2D eigenvalue weighted by Gasteiger charge is 2.30. The molecule has 178 valence electrons. The Hall–Kier alpha value is -4.17. The Bertz CT molecular complexity index is 1340. The molecule has 4 aromatic rings. The molecule has 0 radical (unpaired) electrons. The van der Waals surface area contributed by atoms with Crippen molar-refractivity contribution in [3.8, 4) is 0 Å². The average molecular weight is 492 g/mol. The Morgan fingerprint density at radius 1 is 1.06 bits per heavy atom. The monoisotopic (exact) mass is 491 g/mol. The van der Waals surface area contributed by atoms with Crippen LogP contribution in [0, 0.1) is 0 Å². The third kappa shape index (κ3) is 6.24. The van der Waals surface area contributed by atoms with E-state index in [1.54, 1.807) is 60.8 Å². The first-order chi connectivity index (χ1) is 16.9. The lowest BCUT2D eigenvalue weighted by molar-refractivity contribution is -0.200. The first kappa shape index (κ1) is 24.0. The van der Waals surface area contributed by atoms with Gasteiger partial charge < -0.3 is 14.6 Å². The molecule has 0 aliphatic rings. The van der Waals surface area contributed by atoms with Gasteiger partial charge in [-0.15, -0.1) is 0 Å². The molecule has 2 aromatic carbocycles. The first-order valence-electron chi connectivity index (χ1n) is 10.8. The number of hydrogen-bond donors (Lipinski definition) is 1. The molecule has 0 saturated carbocycles. The molecule has 0 saturated heterocycles. The van der Waals surface area contributed by atoms with Crippen molar-refractivity contribution >= 4 is 40.4 Å². The van der Waals surface area contributed by atoms with E-state index in [4.69, 9.17) is 20.9 Å². The Labute approximate surface area is 206 Å². The van der Waals surface area contributed by atoms with Crippen molar-refractivity contribution in [1.82, 2.24) is 15.4 Å². The van der Waals surface area contributed by atoms with Crippen LogP contribution in [0.3, 0.4) is 0 Å². The van der Waals surface area contributed by atoms with E-state index in [0.29, 0.717) is 21.7 Å². The van der Waals surface area contributed by atoms with E-state index in [-0.39, 0.29) is 18.7 Å². The maximum atomic E-state index is 13.5. The topological polar surface area (TPSA) is 102 Å². The number of benzene rings is 2. The van der Waals surface area contributed by atoms with Crippen LogP contribution in [-0.2, 0) is 27.4 Å². The van der Waals surface area contributed by atoms with Gasteiger partial charge >= 0.3 is 5.97 Å². The van der Waals surface area contributed by atoms with Gasteiger partial charge in [0.25, 0.3) is 11.8 Å². The van der Waals surface area contributed by atoms with Crippen molar-refractivity contribution < 1.29 is 23.6 Å². The lowest BCUT2D eigenvalue weighted by atomic mass is 10.1. The van der Waals surface area contributed by atoms with Crippen molar-refractivity contribution in [1.29, 1.82) is 0 Å². The van der Waals surface area contributed by atoms with Crippen molar-refractivity contribution in [3.05, 3.63) is 101 Å². The summed E-state index contributed by atoms with van der Waals surface area (Å²) in [6.07, 6.45) is 1.67. The van der Waals surface area contributed by atoms with Crippen molar-refractivity contribution in [2.24, 2.45) is 0 Å². The number of furan rings is 1. The van der Waals surface area contributed by atoms with Crippen LogP contribution in [0.15, 0.2) is 83.4 Å². The summed E-state index contributed by atoms with van der Waals surface area (Å²) in [6.45, 7) is 1.22. The summed E-state index contributed by atoms with van der Waals surface area (Å²) in [4.78, 5) is 47.8. The molecule has 0 fully saturated rings. The van der Waals surface area contributed by atoms with Crippen LogP contribution in [0.2, 0.25) is 5.02 Å². The normalized spacial score (nSPS) is 11.6. The zero-order valence-corrected chi connectivity index (χ0v) is 19.6. The van der Waals surface area contributed by atoms with Crippen LogP contribution in [-0.4, -0.2) is 33.9 Å². The number of rotatable bonds is 7. The Balaban J connectivity index is 1.61. The predicted molar refractivity (Wildman–Crippen MR) is 129 cm³/mol. The van der Waals surface area contributed by atoms with Gasteiger partial charge in [0.05, 0.1) is 6.54 Å². The molecule has 0 aliphatic heterocycles. The molecule has 2 amide bonds. The maximum absolute atomic E-state index is 13.5. The number of hydroxylamine groups is 2. The van der Waals surface area contributed by atoms with E-state index in [1.807, 2.05) is 18.2 Å². The number of hydrogen-bond acceptors (Lipinski definition) is 6. The summed E-state index contributed by atoms with van der Waals surface area (Å²) < 4.78 is 5.64. The molecule has 0 bridgehead atoms. The lowest BCUT2D eigenvalue weighted by Gasteiger charge is -2.26. The summed E-state index contributed by atoms with van der Waals surface area (Å²) in [5.41, 5.74) is 1.81. The molecule has 4 rings (SSSR count). The standard InChI is InChI=1S/C26H22ClN3O5/c1-17(31)35-30(16-18-7-3-2-4-8-18)26(33)22(15-21-9-5-6-12-28-21)29-25(32)24-14-19-13-20(27)10-11-23(19)34-24/h2-14,22H,15-16H2,1H3,(H,29,32)/t22-/m0/s1. The van der Waals surface area contributed by atoms with Crippen LogP contribution >= 0.6 is 11.6 Å². The number of amides is 2. The number of fused-ring (bicyclic) bond motifs is 1. The molecule has 8 nitrogen and oxygen atoms in total. The van der Waals surface area contributed by atoms with Crippen LogP contribution in [0.4, 0.5) is 0 Å². The first-order valence-corrected chi connectivity index (χ1v) is 11.2. The van der Waals surface area contributed by atoms with Gasteiger partial charge in [-0.3, -0.25) is 19.4 Å². The Morgan fingerprint density at radius 2 is 1.83 bits per heavy atom. The third-order valence-electron chi connectivity index (χ3n) is 5.10. The van der Waals surface area contributed by atoms with Gasteiger partial charge in [-0.1, -0.05) is 48.0 Å². The van der Waals surface area contributed by atoms with Gasteiger partial charge in [-0.25, -0.2) is 0 Å². The molecule has 9 heteroatoms. The molecule has 0 aliphatic carbocycles. The van der Waals surface area contributed by atoms with Crippen molar-refractivity contribution in [2.75, 3.05) is 0 Å². The Kier molecular flexibility index (Phi) is 7.42. The minimum Gasteiger partial charge on any atom is -0.451 e. The Morgan fingerprint density at radius 3 is 2.54 bits per heavy atom. The van der Waals surface area contributed by atoms with Crippen molar-refractivity contribution in [3.63, 3.8) is 0 Å². The molecule has 2 aromatic heterocycles. The molecule has 35 heavy (non-hydrogen) atoms. The summed E-state index contributed by atoms with van der Waals surface area (Å²) in [5, 5.41) is 4.82. The minimum atomic E-state index is -1.09. The second-order valence-electron chi connectivity index (χ2n) is 7.79.